The quantitative estimate of drug-likeness (QED) is 0.847. The van der Waals surface area contributed by atoms with Gasteiger partial charge < -0.3 is 4.57 Å². The summed E-state index contributed by atoms with van der Waals surface area (Å²) in [5, 5.41) is 0.826. The van der Waals surface area contributed by atoms with Gasteiger partial charge in [0.15, 0.2) is 0 Å². The Bertz CT molecular complexity index is 602. The normalized spacial score (nSPS) is 17.0. The molecule has 0 radical (unpaired) electrons. The van der Waals surface area contributed by atoms with Crippen molar-refractivity contribution in [2.45, 2.75) is 20.0 Å². The Labute approximate surface area is 137 Å². The van der Waals surface area contributed by atoms with Gasteiger partial charge in [-0.25, -0.2) is 4.98 Å². The van der Waals surface area contributed by atoms with Crippen molar-refractivity contribution in [1.29, 1.82) is 0 Å². The first kappa shape index (κ1) is 15.5. The van der Waals surface area contributed by atoms with Crippen molar-refractivity contribution in [3.8, 4) is 0 Å². The Balaban J connectivity index is 1.43. The van der Waals surface area contributed by atoms with Crippen LogP contribution in [0.15, 0.2) is 36.7 Å². The number of piperazine rings is 1. The molecule has 5 heteroatoms. The molecule has 1 aliphatic rings. The van der Waals surface area contributed by atoms with Crippen molar-refractivity contribution in [2.75, 3.05) is 32.7 Å². The highest BCUT2D eigenvalue weighted by molar-refractivity contribution is 6.30. The van der Waals surface area contributed by atoms with Crippen LogP contribution in [0.3, 0.4) is 0 Å². The zero-order valence-electron chi connectivity index (χ0n) is 13.1. The Hall–Kier alpha value is -1.36. The summed E-state index contributed by atoms with van der Waals surface area (Å²) in [5.41, 5.74) is 1.30. The lowest BCUT2D eigenvalue weighted by atomic mass is 10.2. The monoisotopic (exact) mass is 318 g/mol. The summed E-state index contributed by atoms with van der Waals surface area (Å²) in [6.45, 7) is 9.69. The minimum absolute atomic E-state index is 0.826. The molecule has 1 aliphatic heterocycles. The van der Waals surface area contributed by atoms with Crippen molar-refractivity contribution in [1.82, 2.24) is 19.4 Å². The van der Waals surface area contributed by atoms with Gasteiger partial charge in [0, 0.05) is 63.2 Å². The largest absolute Gasteiger partial charge is 0.334 e. The predicted molar refractivity (Wildman–Crippen MR) is 90.1 cm³/mol. The van der Waals surface area contributed by atoms with Gasteiger partial charge in [-0.15, -0.1) is 0 Å². The highest BCUT2D eigenvalue weighted by atomic mass is 35.5. The number of imidazole rings is 1. The van der Waals surface area contributed by atoms with E-state index in [-0.39, 0.29) is 0 Å². The number of rotatable bonds is 5. The van der Waals surface area contributed by atoms with Crippen molar-refractivity contribution in [3.63, 3.8) is 0 Å². The van der Waals surface area contributed by atoms with E-state index in [1.54, 1.807) is 0 Å². The van der Waals surface area contributed by atoms with Crippen molar-refractivity contribution >= 4 is 11.6 Å². The van der Waals surface area contributed by atoms with Crippen LogP contribution < -0.4 is 0 Å². The molecule has 3 rings (SSSR count). The molecule has 4 nitrogen and oxygen atoms in total. The lowest BCUT2D eigenvalue weighted by Gasteiger charge is -2.34. The second kappa shape index (κ2) is 7.27. The zero-order valence-corrected chi connectivity index (χ0v) is 13.8. The minimum atomic E-state index is 0.826. The summed E-state index contributed by atoms with van der Waals surface area (Å²) in [4.78, 5) is 9.31. The van der Waals surface area contributed by atoms with Gasteiger partial charge in [-0.3, -0.25) is 9.80 Å². The van der Waals surface area contributed by atoms with E-state index in [1.165, 1.54) is 5.56 Å². The van der Waals surface area contributed by atoms with E-state index in [4.69, 9.17) is 11.6 Å². The van der Waals surface area contributed by atoms with Crippen LogP contribution >= 0.6 is 11.6 Å². The number of aromatic nitrogens is 2. The van der Waals surface area contributed by atoms with E-state index in [2.05, 4.69) is 44.6 Å². The number of hydrogen-bond donors (Lipinski definition) is 0. The summed E-state index contributed by atoms with van der Waals surface area (Å²) in [6.07, 6.45) is 3.93. The van der Waals surface area contributed by atoms with Crippen LogP contribution in [0.1, 0.15) is 11.4 Å². The van der Waals surface area contributed by atoms with E-state index in [0.717, 1.165) is 56.7 Å². The highest BCUT2D eigenvalue weighted by Gasteiger charge is 2.16. The molecule has 1 aromatic carbocycles. The molecule has 22 heavy (non-hydrogen) atoms. The third kappa shape index (κ3) is 4.09. The smallest absolute Gasteiger partial charge is 0.105 e. The predicted octanol–water partition coefficient (Wildman–Crippen LogP) is 2.66. The molecule has 1 fully saturated rings. The number of hydrogen-bond acceptors (Lipinski definition) is 3. The topological polar surface area (TPSA) is 24.3 Å². The first-order chi connectivity index (χ1) is 10.7. The first-order valence-electron chi connectivity index (χ1n) is 7.87. The molecule has 1 aromatic heterocycles. The van der Waals surface area contributed by atoms with Crippen LogP contribution in [-0.4, -0.2) is 52.1 Å². The van der Waals surface area contributed by atoms with Crippen LogP contribution in [-0.2, 0) is 13.1 Å². The third-order valence-electron chi connectivity index (χ3n) is 4.34. The molecule has 2 heterocycles. The van der Waals surface area contributed by atoms with Crippen LogP contribution in [0, 0.1) is 6.92 Å². The van der Waals surface area contributed by atoms with Gasteiger partial charge in [0.25, 0.3) is 0 Å². The van der Waals surface area contributed by atoms with E-state index in [0.29, 0.717) is 0 Å². The van der Waals surface area contributed by atoms with Gasteiger partial charge in [-0.05, 0) is 24.6 Å². The average molecular weight is 319 g/mol. The van der Waals surface area contributed by atoms with Crippen LogP contribution in [0.2, 0.25) is 5.02 Å². The van der Waals surface area contributed by atoms with Gasteiger partial charge in [-0.1, -0.05) is 23.7 Å². The molecule has 118 valence electrons. The standard InChI is InChI=1S/C17H23ClN4/c1-15-19-5-6-22(15)12-11-20-7-9-21(10-8-20)14-16-3-2-4-17(18)13-16/h2-6,13H,7-12,14H2,1H3. The molecule has 0 bridgehead atoms. The van der Waals surface area contributed by atoms with E-state index < -0.39 is 0 Å². The molecule has 0 N–H and O–H groups in total. The summed E-state index contributed by atoms with van der Waals surface area (Å²) >= 11 is 6.05. The Kier molecular flexibility index (Phi) is 5.13. The number of benzene rings is 1. The molecule has 0 spiro atoms. The SMILES string of the molecule is Cc1nccn1CCN1CCN(Cc2cccc(Cl)c2)CC1. The van der Waals surface area contributed by atoms with Gasteiger partial charge in [0.1, 0.15) is 5.82 Å². The number of nitrogens with zero attached hydrogens (tertiary/aromatic N) is 4. The Morgan fingerprint density at radius 3 is 2.55 bits per heavy atom. The second-order valence-electron chi connectivity index (χ2n) is 5.92. The van der Waals surface area contributed by atoms with Crippen LogP contribution in [0.4, 0.5) is 0 Å². The molecule has 0 unspecified atom stereocenters. The molecular formula is C17H23ClN4. The summed E-state index contributed by atoms with van der Waals surface area (Å²) in [6, 6.07) is 8.18. The van der Waals surface area contributed by atoms with Crippen molar-refractivity contribution in [2.24, 2.45) is 0 Å². The Morgan fingerprint density at radius 2 is 1.86 bits per heavy atom. The number of halogens is 1. The van der Waals surface area contributed by atoms with Crippen molar-refractivity contribution < 1.29 is 0 Å². The van der Waals surface area contributed by atoms with Gasteiger partial charge >= 0.3 is 0 Å². The summed E-state index contributed by atoms with van der Waals surface area (Å²) in [5.74, 6) is 1.10. The van der Waals surface area contributed by atoms with Gasteiger partial charge in [0.2, 0.25) is 0 Å². The maximum absolute atomic E-state index is 6.05. The molecule has 1 saturated heterocycles. The van der Waals surface area contributed by atoms with E-state index in [1.807, 2.05) is 18.3 Å². The van der Waals surface area contributed by atoms with Crippen LogP contribution in [0.25, 0.3) is 0 Å². The maximum Gasteiger partial charge on any atom is 0.105 e. The fourth-order valence-electron chi connectivity index (χ4n) is 2.95. The fourth-order valence-corrected chi connectivity index (χ4v) is 3.17. The van der Waals surface area contributed by atoms with Gasteiger partial charge in [0.05, 0.1) is 0 Å². The molecule has 0 aliphatic carbocycles. The maximum atomic E-state index is 6.05. The molecule has 0 atom stereocenters. The molecule has 0 saturated carbocycles. The first-order valence-corrected chi connectivity index (χ1v) is 8.25. The lowest BCUT2D eigenvalue weighted by Crippen LogP contribution is -2.46. The second-order valence-corrected chi connectivity index (χ2v) is 6.35. The van der Waals surface area contributed by atoms with Crippen molar-refractivity contribution in [3.05, 3.63) is 53.1 Å². The lowest BCUT2D eigenvalue weighted by molar-refractivity contribution is 0.124. The summed E-state index contributed by atoms with van der Waals surface area (Å²) in [7, 11) is 0. The molecule has 0 amide bonds. The van der Waals surface area contributed by atoms with Crippen LogP contribution in [0.5, 0.6) is 0 Å². The fraction of sp³-hybridized carbons (Fsp3) is 0.471. The molecular weight excluding hydrogens is 296 g/mol. The third-order valence-corrected chi connectivity index (χ3v) is 4.58. The minimum Gasteiger partial charge on any atom is -0.334 e. The highest BCUT2D eigenvalue weighted by Crippen LogP contribution is 2.14. The van der Waals surface area contributed by atoms with Gasteiger partial charge in [-0.2, -0.15) is 0 Å². The van der Waals surface area contributed by atoms with E-state index in [9.17, 15) is 0 Å². The van der Waals surface area contributed by atoms with E-state index >= 15 is 0 Å². The molecule has 2 aromatic rings. The zero-order chi connectivity index (χ0) is 15.4. The Morgan fingerprint density at radius 1 is 1.09 bits per heavy atom. The number of aryl methyl sites for hydroxylation is 1. The summed E-state index contributed by atoms with van der Waals surface area (Å²) < 4.78 is 2.22. The average Bonchev–Trinajstić information content (AvgIpc) is 2.92.